The number of ether oxygens (including phenoxy) is 1. The smallest absolute Gasteiger partial charge is 0.0840 e. The lowest BCUT2D eigenvalue weighted by molar-refractivity contribution is 0.236. The van der Waals surface area contributed by atoms with Gasteiger partial charge in [0.25, 0.3) is 0 Å². The molecule has 1 nitrogen and oxygen atoms in total. The van der Waals surface area contributed by atoms with Crippen molar-refractivity contribution in [1.82, 2.24) is 0 Å². The second-order valence-corrected chi connectivity index (χ2v) is 5.78. The minimum Gasteiger partial charge on any atom is -0.373 e. The second-order valence-electron chi connectivity index (χ2n) is 5.78. The first kappa shape index (κ1) is 9.23. The van der Waals surface area contributed by atoms with Crippen LogP contribution < -0.4 is 0 Å². The van der Waals surface area contributed by atoms with E-state index in [4.69, 9.17) is 4.74 Å². The van der Waals surface area contributed by atoms with Gasteiger partial charge in [-0.15, -0.1) is 0 Å². The molecule has 1 aromatic carbocycles. The molecule has 0 amide bonds. The minimum atomic E-state index is 0.645. The number of fused-ring (bicyclic) bond motifs is 2. The maximum absolute atomic E-state index is 5.49. The molecule has 1 aromatic rings. The Balaban J connectivity index is 1.54. The van der Waals surface area contributed by atoms with Crippen LogP contribution in [0.1, 0.15) is 30.7 Å². The van der Waals surface area contributed by atoms with E-state index in [2.05, 4.69) is 30.3 Å². The molecule has 1 aliphatic heterocycles. The molecule has 1 heterocycles. The van der Waals surface area contributed by atoms with Crippen molar-refractivity contribution in [2.75, 3.05) is 6.61 Å². The predicted octanol–water partition coefficient (Wildman–Crippen LogP) is 3.22. The van der Waals surface area contributed by atoms with Gasteiger partial charge in [-0.3, -0.25) is 0 Å². The van der Waals surface area contributed by atoms with Gasteiger partial charge in [-0.1, -0.05) is 30.3 Å². The van der Waals surface area contributed by atoms with Gasteiger partial charge in [0.1, 0.15) is 0 Å². The van der Waals surface area contributed by atoms with Crippen LogP contribution >= 0.6 is 0 Å². The van der Waals surface area contributed by atoms with Crippen molar-refractivity contribution >= 4 is 0 Å². The van der Waals surface area contributed by atoms with E-state index in [1.807, 2.05) is 0 Å². The summed E-state index contributed by atoms with van der Waals surface area (Å²) in [6, 6.07) is 11.1. The Morgan fingerprint density at radius 3 is 2.38 bits per heavy atom. The Morgan fingerprint density at radius 1 is 0.938 bits per heavy atom. The van der Waals surface area contributed by atoms with Crippen LogP contribution in [0.25, 0.3) is 0 Å². The Labute approximate surface area is 96.8 Å². The maximum Gasteiger partial charge on any atom is 0.0840 e. The van der Waals surface area contributed by atoms with Gasteiger partial charge in [0.05, 0.1) is 12.7 Å². The van der Waals surface area contributed by atoms with E-state index in [1.165, 1.54) is 19.3 Å². The molecule has 3 aliphatic rings. The van der Waals surface area contributed by atoms with E-state index in [-0.39, 0.29) is 0 Å². The summed E-state index contributed by atoms with van der Waals surface area (Å²) >= 11 is 0. The summed E-state index contributed by atoms with van der Waals surface area (Å²) in [4.78, 5) is 0. The second kappa shape index (κ2) is 3.33. The minimum absolute atomic E-state index is 0.645. The Hall–Kier alpha value is -0.820. The predicted molar refractivity (Wildman–Crippen MR) is 63.2 cm³/mol. The lowest BCUT2D eigenvalue weighted by Crippen LogP contribution is -2.20. The Bertz CT molecular complexity index is 382. The number of rotatable bonds is 2. The topological polar surface area (TPSA) is 12.5 Å². The van der Waals surface area contributed by atoms with Crippen LogP contribution in [0.15, 0.2) is 30.3 Å². The van der Waals surface area contributed by atoms with Gasteiger partial charge in [-0.25, -0.2) is 0 Å². The van der Waals surface area contributed by atoms with E-state index in [0.29, 0.717) is 6.10 Å². The highest BCUT2D eigenvalue weighted by atomic mass is 16.6. The third-order valence-electron chi connectivity index (χ3n) is 4.98. The van der Waals surface area contributed by atoms with Crippen molar-refractivity contribution in [3.63, 3.8) is 0 Å². The van der Waals surface area contributed by atoms with Gasteiger partial charge in [0.15, 0.2) is 0 Å². The molecule has 0 spiro atoms. The van der Waals surface area contributed by atoms with Crippen molar-refractivity contribution in [2.24, 2.45) is 17.8 Å². The fourth-order valence-corrected chi connectivity index (χ4v) is 4.19. The fourth-order valence-electron chi connectivity index (χ4n) is 4.19. The first-order valence-electron chi connectivity index (χ1n) is 6.58. The third kappa shape index (κ3) is 1.34. The molecule has 2 saturated carbocycles. The molecule has 2 bridgehead atoms. The molecular weight excluding hydrogens is 196 g/mol. The van der Waals surface area contributed by atoms with Gasteiger partial charge in [-0.05, 0) is 48.5 Å². The molecule has 0 radical (unpaired) electrons. The van der Waals surface area contributed by atoms with E-state index >= 15 is 0 Å². The fraction of sp³-hybridized carbons (Fsp3) is 0.600. The van der Waals surface area contributed by atoms with Gasteiger partial charge in [0, 0.05) is 0 Å². The molecule has 5 unspecified atom stereocenters. The average Bonchev–Trinajstić information content (AvgIpc) is 3.00. The third-order valence-corrected chi connectivity index (χ3v) is 4.98. The largest absolute Gasteiger partial charge is 0.373 e. The monoisotopic (exact) mass is 214 g/mol. The summed E-state index contributed by atoms with van der Waals surface area (Å²) in [5, 5.41) is 0. The average molecular weight is 214 g/mol. The summed E-state index contributed by atoms with van der Waals surface area (Å²) in [5.41, 5.74) is 1.57. The molecule has 3 fully saturated rings. The maximum atomic E-state index is 5.49. The summed E-state index contributed by atoms with van der Waals surface area (Å²) < 4.78 is 5.49. The zero-order valence-corrected chi connectivity index (χ0v) is 9.51. The molecular formula is C15H18O. The van der Waals surface area contributed by atoms with Gasteiger partial charge in [-0.2, -0.15) is 0 Å². The van der Waals surface area contributed by atoms with Crippen LogP contribution in [0, 0.1) is 17.8 Å². The van der Waals surface area contributed by atoms with Crippen LogP contribution in [0.3, 0.4) is 0 Å². The van der Waals surface area contributed by atoms with Crippen LogP contribution in [0.5, 0.6) is 0 Å². The molecule has 5 atom stereocenters. The SMILES string of the molecule is c1ccc(C2CC3CC2CC3C2CO2)cc1. The van der Waals surface area contributed by atoms with Crippen molar-refractivity contribution in [2.45, 2.75) is 31.3 Å². The van der Waals surface area contributed by atoms with Crippen molar-refractivity contribution < 1.29 is 4.74 Å². The van der Waals surface area contributed by atoms with E-state index in [0.717, 1.165) is 30.3 Å². The molecule has 4 rings (SSSR count). The number of hydrogen-bond donors (Lipinski definition) is 0. The van der Waals surface area contributed by atoms with Crippen LogP contribution in [-0.4, -0.2) is 12.7 Å². The van der Waals surface area contributed by atoms with Gasteiger partial charge >= 0.3 is 0 Å². The quantitative estimate of drug-likeness (QED) is 0.689. The number of benzene rings is 1. The van der Waals surface area contributed by atoms with E-state index < -0.39 is 0 Å². The lowest BCUT2D eigenvalue weighted by atomic mass is 9.77. The van der Waals surface area contributed by atoms with E-state index in [9.17, 15) is 0 Å². The first-order valence-corrected chi connectivity index (χ1v) is 6.58. The Kier molecular flexibility index (Phi) is 1.92. The zero-order chi connectivity index (χ0) is 10.5. The molecule has 0 N–H and O–H groups in total. The summed E-state index contributed by atoms with van der Waals surface area (Å²) in [7, 11) is 0. The molecule has 84 valence electrons. The van der Waals surface area contributed by atoms with E-state index in [1.54, 1.807) is 5.56 Å². The standard InChI is InChI=1S/C15H18O/c1-2-4-10(5-3-1)13-7-12-6-11(13)8-14(12)15-9-16-15/h1-5,11-15H,6-9H2. The number of epoxide rings is 1. The summed E-state index contributed by atoms with van der Waals surface area (Å²) in [6.45, 7) is 1.05. The lowest BCUT2D eigenvalue weighted by Gasteiger charge is -2.27. The summed E-state index contributed by atoms with van der Waals surface area (Å²) in [6.07, 6.45) is 4.95. The Morgan fingerprint density at radius 2 is 1.75 bits per heavy atom. The van der Waals surface area contributed by atoms with Gasteiger partial charge in [0.2, 0.25) is 0 Å². The summed E-state index contributed by atoms with van der Waals surface area (Å²) in [5.74, 6) is 3.66. The highest BCUT2D eigenvalue weighted by Gasteiger charge is 2.51. The molecule has 16 heavy (non-hydrogen) atoms. The van der Waals surface area contributed by atoms with Crippen molar-refractivity contribution in [3.8, 4) is 0 Å². The normalized spacial score (nSPS) is 44.9. The molecule has 1 heteroatoms. The highest BCUT2D eigenvalue weighted by molar-refractivity contribution is 5.23. The molecule has 1 saturated heterocycles. The molecule has 0 aromatic heterocycles. The molecule has 2 aliphatic carbocycles. The van der Waals surface area contributed by atoms with Crippen LogP contribution in [0.2, 0.25) is 0 Å². The first-order chi connectivity index (χ1) is 7.92. The van der Waals surface area contributed by atoms with Crippen molar-refractivity contribution in [1.29, 1.82) is 0 Å². The highest BCUT2D eigenvalue weighted by Crippen LogP contribution is 2.58. The van der Waals surface area contributed by atoms with Gasteiger partial charge < -0.3 is 4.74 Å². The number of hydrogen-bond acceptors (Lipinski definition) is 1. The van der Waals surface area contributed by atoms with Crippen molar-refractivity contribution in [3.05, 3.63) is 35.9 Å². The van der Waals surface area contributed by atoms with Crippen LogP contribution in [0.4, 0.5) is 0 Å². The van der Waals surface area contributed by atoms with Crippen LogP contribution in [-0.2, 0) is 4.74 Å². The zero-order valence-electron chi connectivity index (χ0n) is 9.51.